The van der Waals surface area contributed by atoms with Gasteiger partial charge in [0.2, 0.25) is 5.91 Å². The van der Waals surface area contributed by atoms with E-state index in [1.54, 1.807) is 6.07 Å². The van der Waals surface area contributed by atoms with Crippen molar-refractivity contribution < 1.29 is 9.18 Å². The predicted octanol–water partition coefficient (Wildman–Crippen LogP) is 2.52. The zero-order valence-corrected chi connectivity index (χ0v) is 13.2. The van der Waals surface area contributed by atoms with Crippen LogP contribution in [0.15, 0.2) is 34.1 Å². The van der Waals surface area contributed by atoms with Crippen molar-refractivity contribution in [3.05, 3.63) is 51.8 Å². The van der Waals surface area contributed by atoms with E-state index in [1.165, 1.54) is 30.0 Å². The number of carbonyl (C=O) groups is 1. The first-order valence-electron chi connectivity index (χ1n) is 7.42. The van der Waals surface area contributed by atoms with Gasteiger partial charge in [-0.25, -0.2) is 9.18 Å². The van der Waals surface area contributed by atoms with E-state index in [-0.39, 0.29) is 17.3 Å². The van der Waals surface area contributed by atoms with Crippen LogP contribution in [0.1, 0.15) is 24.1 Å². The Morgan fingerprint density at radius 1 is 1.35 bits per heavy atom. The zero-order chi connectivity index (χ0) is 16.2. The number of anilines is 1. The van der Waals surface area contributed by atoms with Gasteiger partial charge >= 0.3 is 5.69 Å². The topological polar surface area (TPSA) is 74.8 Å². The Hall–Kier alpha value is -2.15. The van der Waals surface area contributed by atoms with Crippen molar-refractivity contribution in [1.29, 1.82) is 0 Å². The fraction of sp³-hybridized carbons (Fsp3) is 0.312. The molecule has 7 heteroatoms. The van der Waals surface area contributed by atoms with Crippen LogP contribution in [0.5, 0.6) is 0 Å². The normalized spacial score (nSPS) is 13.4. The maximum absolute atomic E-state index is 13.1. The van der Waals surface area contributed by atoms with E-state index in [1.807, 2.05) is 0 Å². The largest absolute Gasteiger partial charge is 0.346 e. The fourth-order valence-corrected chi connectivity index (χ4v) is 3.50. The number of halogens is 1. The van der Waals surface area contributed by atoms with E-state index in [4.69, 9.17) is 0 Å². The minimum absolute atomic E-state index is 0.124. The number of aryl methyl sites for hydroxylation is 1. The molecule has 2 N–H and O–H groups in total. The third-order valence-corrected chi connectivity index (χ3v) is 4.65. The van der Waals surface area contributed by atoms with Gasteiger partial charge in [0.25, 0.3) is 0 Å². The second-order valence-electron chi connectivity index (χ2n) is 5.36. The number of fused-ring (bicyclic) bond motifs is 1. The molecule has 120 valence electrons. The second kappa shape index (κ2) is 6.95. The number of H-pyrrole nitrogens is 1. The van der Waals surface area contributed by atoms with Crippen molar-refractivity contribution in [1.82, 2.24) is 9.97 Å². The molecule has 1 aromatic heterocycles. The molecule has 0 unspecified atom stereocenters. The van der Waals surface area contributed by atoms with Crippen molar-refractivity contribution in [2.75, 3.05) is 11.1 Å². The highest BCUT2D eigenvalue weighted by atomic mass is 32.2. The predicted molar refractivity (Wildman–Crippen MR) is 87.3 cm³/mol. The van der Waals surface area contributed by atoms with Crippen molar-refractivity contribution in [2.45, 2.75) is 30.7 Å². The SMILES string of the molecule is O=C(CSc1nc(=O)[nH]c2c1CCCC2)Nc1cccc(F)c1. The Bertz CT molecular complexity index is 791. The minimum atomic E-state index is -0.402. The molecule has 0 fully saturated rings. The van der Waals surface area contributed by atoms with Crippen LogP contribution >= 0.6 is 11.8 Å². The number of hydrogen-bond donors (Lipinski definition) is 2. The second-order valence-corrected chi connectivity index (χ2v) is 6.32. The van der Waals surface area contributed by atoms with E-state index in [2.05, 4.69) is 15.3 Å². The molecule has 5 nitrogen and oxygen atoms in total. The van der Waals surface area contributed by atoms with Gasteiger partial charge in [-0.3, -0.25) is 4.79 Å². The van der Waals surface area contributed by atoms with Crippen LogP contribution in [0, 0.1) is 5.82 Å². The van der Waals surface area contributed by atoms with Crippen molar-refractivity contribution >= 4 is 23.4 Å². The monoisotopic (exact) mass is 333 g/mol. The van der Waals surface area contributed by atoms with Gasteiger partial charge in [-0.05, 0) is 43.9 Å². The quantitative estimate of drug-likeness (QED) is 0.666. The Kier molecular flexibility index (Phi) is 4.76. The highest BCUT2D eigenvalue weighted by Crippen LogP contribution is 2.27. The van der Waals surface area contributed by atoms with Crippen LogP contribution < -0.4 is 11.0 Å². The molecule has 0 radical (unpaired) electrons. The molecule has 0 atom stereocenters. The van der Waals surface area contributed by atoms with Gasteiger partial charge in [-0.1, -0.05) is 17.8 Å². The smallest absolute Gasteiger partial charge is 0.325 e. The molecule has 23 heavy (non-hydrogen) atoms. The number of nitrogens with zero attached hydrogens (tertiary/aromatic N) is 1. The number of rotatable bonds is 4. The fourth-order valence-electron chi connectivity index (χ4n) is 2.61. The highest BCUT2D eigenvalue weighted by molar-refractivity contribution is 8.00. The number of amides is 1. The molecule has 0 spiro atoms. The van der Waals surface area contributed by atoms with Gasteiger partial charge < -0.3 is 10.3 Å². The lowest BCUT2D eigenvalue weighted by Crippen LogP contribution is -2.21. The summed E-state index contributed by atoms with van der Waals surface area (Å²) in [6.07, 6.45) is 3.82. The average molecular weight is 333 g/mol. The summed E-state index contributed by atoms with van der Waals surface area (Å²) >= 11 is 1.24. The highest BCUT2D eigenvalue weighted by Gasteiger charge is 2.17. The number of aromatic nitrogens is 2. The van der Waals surface area contributed by atoms with Gasteiger partial charge in [0.15, 0.2) is 0 Å². The Morgan fingerprint density at radius 2 is 2.17 bits per heavy atom. The number of aromatic amines is 1. The molecule has 0 aliphatic heterocycles. The van der Waals surface area contributed by atoms with Crippen molar-refractivity contribution in [3.8, 4) is 0 Å². The van der Waals surface area contributed by atoms with E-state index in [0.29, 0.717) is 10.7 Å². The molecule has 3 rings (SSSR count). The summed E-state index contributed by atoms with van der Waals surface area (Å²) in [5, 5.41) is 3.26. The zero-order valence-electron chi connectivity index (χ0n) is 12.4. The number of hydrogen-bond acceptors (Lipinski definition) is 4. The van der Waals surface area contributed by atoms with E-state index in [0.717, 1.165) is 36.9 Å². The molecular formula is C16H16FN3O2S. The summed E-state index contributed by atoms with van der Waals surface area (Å²) in [5.41, 5.74) is 2.01. The Labute approximate surface area is 136 Å². The number of benzene rings is 1. The molecule has 1 heterocycles. The minimum Gasteiger partial charge on any atom is -0.325 e. The van der Waals surface area contributed by atoms with E-state index < -0.39 is 5.82 Å². The maximum Gasteiger partial charge on any atom is 0.346 e. The third kappa shape index (κ3) is 3.98. The molecular weight excluding hydrogens is 317 g/mol. The first kappa shape index (κ1) is 15.7. The van der Waals surface area contributed by atoms with Gasteiger partial charge in [0.1, 0.15) is 10.8 Å². The maximum atomic E-state index is 13.1. The average Bonchev–Trinajstić information content (AvgIpc) is 2.52. The summed E-state index contributed by atoms with van der Waals surface area (Å²) in [6.45, 7) is 0. The molecule has 1 amide bonds. The number of thioether (sulfide) groups is 1. The first-order chi connectivity index (χ1) is 11.1. The van der Waals surface area contributed by atoms with Gasteiger partial charge in [0.05, 0.1) is 5.75 Å². The van der Waals surface area contributed by atoms with Crippen LogP contribution in [0.4, 0.5) is 10.1 Å². The molecule has 1 aliphatic carbocycles. The summed E-state index contributed by atoms with van der Waals surface area (Å²) < 4.78 is 13.1. The van der Waals surface area contributed by atoms with E-state index in [9.17, 15) is 14.0 Å². The van der Waals surface area contributed by atoms with E-state index >= 15 is 0 Å². The molecule has 1 aromatic carbocycles. The standard InChI is InChI=1S/C16H16FN3O2S/c17-10-4-3-5-11(8-10)18-14(21)9-23-15-12-6-1-2-7-13(12)19-16(22)20-15/h3-5,8H,1-2,6-7,9H2,(H,18,21)(H,19,20,22). The van der Waals surface area contributed by atoms with Gasteiger partial charge in [0, 0.05) is 16.9 Å². The molecule has 0 saturated carbocycles. The summed E-state index contributed by atoms with van der Waals surface area (Å²) in [4.78, 5) is 30.4. The first-order valence-corrected chi connectivity index (χ1v) is 8.40. The lowest BCUT2D eigenvalue weighted by atomic mass is 9.98. The molecule has 0 saturated heterocycles. The summed E-state index contributed by atoms with van der Waals surface area (Å²) in [7, 11) is 0. The Morgan fingerprint density at radius 3 is 3.00 bits per heavy atom. The summed E-state index contributed by atoms with van der Waals surface area (Å²) in [5.74, 6) is -0.535. The molecule has 0 bridgehead atoms. The number of nitrogens with one attached hydrogen (secondary N) is 2. The molecule has 2 aromatic rings. The van der Waals surface area contributed by atoms with Gasteiger partial charge in [-0.15, -0.1) is 0 Å². The lowest BCUT2D eigenvalue weighted by Gasteiger charge is -2.17. The summed E-state index contributed by atoms with van der Waals surface area (Å²) in [6, 6.07) is 5.73. The van der Waals surface area contributed by atoms with Crippen LogP contribution in [-0.2, 0) is 17.6 Å². The van der Waals surface area contributed by atoms with Gasteiger partial charge in [-0.2, -0.15) is 4.98 Å². The third-order valence-electron chi connectivity index (χ3n) is 3.64. The van der Waals surface area contributed by atoms with Crippen molar-refractivity contribution in [3.63, 3.8) is 0 Å². The van der Waals surface area contributed by atoms with Crippen LogP contribution in [0.3, 0.4) is 0 Å². The molecule has 1 aliphatic rings. The van der Waals surface area contributed by atoms with Crippen molar-refractivity contribution in [2.24, 2.45) is 0 Å². The van der Waals surface area contributed by atoms with Crippen LogP contribution in [0.2, 0.25) is 0 Å². The van der Waals surface area contributed by atoms with Crippen LogP contribution in [-0.4, -0.2) is 21.6 Å². The van der Waals surface area contributed by atoms with Crippen LogP contribution in [0.25, 0.3) is 0 Å². The number of carbonyl (C=O) groups excluding carboxylic acids is 1. The lowest BCUT2D eigenvalue weighted by molar-refractivity contribution is -0.113. The Balaban J connectivity index is 1.67.